The van der Waals surface area contributed by atoms with Gasteiger partial charge in [-0.1, -0.05) is 71.9 Å². The quantitative estimate of drug-likeness (QED) is 0.499. The number of hydrogen-bond donors (Lipinski definition) is 1. The Hall–Kier alpha value is -0.820. The Labute approximate surface area is 179 Å². The third kappa shape index (κ3) is 3.50. The van der Waals surface area contributed by atoms with Crippen molar-refractivity contribution in [3.63, 3.8) is 0 Å². The van der Waals surface area contributed by atoms with E-state index in [-0.39, 0.29) is 11.5 Å². The molecule has 1 nitrogen and oxygen atoms in total. The van der Waals surface area contributed by atoms with Crippen LogP contribution in [0.2, 0.25) is 0 Å². The molecule has 0 spiro atoms. The molecular formula is C28H44O. The molecule has 0 radical (unpaired) electrons. The number of hydrogen-bond acceptors (Lipinski definition) is 1. The minimum absolute atomic E-state index is 0.232. The Kier molecular flexibility index (Phi) is 5.69. The molecule has 1 heteroatoms. The van der Waals surface area contributed by atoms with Gasteiger partial charge in [-0.05, 0) is 96.4 Å². The molecular weight excluding hydrogens is 352 g/mol. The van der Waals surface area contributed by atoms with Crippen molar-refractivity contribution < 1.29 is 5.11 Å². The van der Waals surface area contributed by atoms with Crippen LogP contribution in [-0.2, 0) is 0 Å². The summed E-state index contributed by atoms with van der Waals surface area (Å²) in [7, 11) is 0. The van der Waals surface area contributed by atoms with E-state index in [4.69, 9.17) is 0 Å². The van der Waals surface area contributed by atoms with E-state index < -0.39 is 0 Å². The summed E-state index contributed by atoms with van der Waals surface area (Å²) in [6.07, 6.45) is 19.6. The fourth-order valence-electron chi connectivity index (χ4n) is 7.75. The van der Waals surface area contributed by atoms with Crippen LogP contribution in [0.15, 0.2) is 36.0 Å². The normalized spacial score (nSPS) is 46.2. The molecule has 29 heavy (non-hydrogen) atoms. The maximum absolute atomic E-state index is 10.2. The second kappa shape index (κ2) is 7.70. The average molecular weight is 397 g/mol. The van der Waals surface area contributed by atoms with Crippen LogP contribution < -0.4 is 0 Å². The monoisotopic (exact) mass is 396 g/mol. The maximum Gasteiger partial charge on any atom is 0.0727 e. The molecule has 2 fully saturated rings. The summed E-state index contributed by atoms with van der Waals surface area (Å²) in [5, 5.41) is 10.2. The number of allylic oxidation sites excluding steroid dienone is 5. The number of aliphatic hydroxyl groups is 1. The summed E-state index contributed by atoms with van der Waals surface area (Å²) < 4.78 is 0. The van der Waals surface area contributed by atoms with E-state index in [1.165, 1.54) is 31.3 Å². The van der Waals surface area contributed by atoms with E-state index in [2.05, 4.69) is 71.9 Å². The molecule has 0 saturated heterocycles. The molecule has 0 aromatic rings. The molecule has 0 amide bonds. The Morgan fingerprint density at radius 3 is 2.45 bits per heavy atom. The zero-order valence-corrected chi connectivity index (χ0v) is 19.7. The lowest BCUT2D eigenvalue weighted by molar-refractivity contribution is -0.0254. The number of rotatable bonds is 4. The highest BCUT2D eigenvalue weighted by molar-refractivity contribution is 5.36. The van der Waals surface area contributed by atoms with Gasteiger partial charge in [0.1, 0.15) is 0 Å². The molecule has 2 saturated carbocycles. The van der Waals surface area contributed by atoms with E-state index in [9.17, 15) is 5.11 Å². The van der Waals surface area contributed by atoms with Crippen molar-refractivity contribution in [1.82, 2.24) is 0 Å². The first-order chi connectivity index (χ1) is 13.7. The maximum atomic E-state index is 10.2. The van der Waals surface area contributed by atoms with Crippen molar-refractivity contribution in [2.75, 3.05) is 0 Å². The standard InChI is InChI=1S/C28H44O/c1-18(2)19(3)7-8-20(4)24-11-12-25-23-10-9-21-17-22(29)13-15-27(21,5)26(23)14-16-28(24,25)6/h7-10,17-20,22-26,29H,11-16H2,1-6H3/b8-7+/t19-,20+,22-,23-,24+,25-,26-,27-,28+/m0/s1. The van der Waals surface area contributed by atoms with Crippen molar-refractivity contribution in [2.24, 2.45) is 52.3 Å². The topological polar surface area (TPSA) is 20.2 Å². The number of aliphatic hydroxyl groups excluding tert-OH is 1. The predicted molar refractivity (Wildman–Crippen MR) is 123 cm³/mol. The third-order valence-electron chi connectivity index (χ3n) is 10.1. The van der Waals surface area contributed by atoms with Crippen LogP contribution in [0.25, 0.3) is 0 Å². The van der Waals surface area contributed by atoms with Gasteiger partial charge in [0, 0.05) is 0 Å². The van der Waals surface area contributed by atoms with Gasteiger partial charge in [0.2, 0.25) is 0 Å². The lowest BCUT2D eigenvalue weighted by atomic mass is 9.48. The average Bonchev–Trinajstić information content (AvgIpc) is 3.03. The molecule has 0 heterocycles. The van der Waals surface area contributed by atoms with Gasteiger partial charge >= 0.3 is 0 Å². The molecule has 9 atom stereocenters. The van der Waals surface area contributed by atoms with Crippen molar-refractivity contribution in [3.05, 3.63) is 36.0 Å². The van der Waals surface area contributed by atoms with E-state index in [1.807, 2.05) is 0 Å². The minimum atomic E-state index is -0.232. The molecule has 0 unspecified atom stereocenters. The van der Waals surface area contributed by atoms with Gasteiger partial charge in [-0.15, -0.1) is 0 Å². The van der Waals surface area contributed by atoms with Crippen LogP contribution in [0.4, 0.5) is 0 Å². The van der Waals surface area contributed by atoms with Gasteiger partial charge in [-0.25, -0.2) is 0 Å². The number of fused-ring (bicyclic) bond motifs is 5. The first-order valence-electron chi connectivity index (χ1n) is 12.4. The fraction of sp³-hybridized carbons (Fsp3) is 0.786. The summed E-state index contributed by atoms with van der Waals surface area (Å²) in [5.41, 5.74) is 2.20. The summed E-state index contributed by atoms with van der Waals surface area (Å²) >= 11 is 0. The molecule has 162 valence electrons. The highest BCUT2D eigenvalue weighted by atomic mass is 16.3. The summed E-state index contributed by atoms with van der Waals surface area (Å²) in [5.74, 6) is 5.26. The second-order valence-corrected chi connectivity index (χ2v) is 11.9. The van der Waals surface area contributed by atoms with Gasteiger partial charge in [0.05, 0.1) is 6.10 Å². The second-order valence-electron chi connectivity index (χ2n) is 11.9. The largest absolute Gasteiger partial charge is 0.389 e. The molecule has 4 aliphatic rings. The molecule has 4 aliphatic carbocycles. The van der Waals surface area contributed by atoms with Crippen molar-refractivity contribution in [3.8, 4) is 0 Å². The summed E-state index contributed by atoms with van der Waals surface area (Å²) in [6, 6.07) is 0. The Morgan fingerprint density at radius 1 is 0.966 bits per heavy atom. The molecule has 0 bridgehead atoms. The molecule has 0 aromatic heterocycles. The van der Waals surface area contributed by atoms with Crippen LogP contribution in [0, 0.1) is 52.3 Å². The van der Waals surface area contributed by atoms with Crippen LogP contribution in [-0.4, -0.2) is 11.2 Å². The Bertz CT molecular complexity index is 699. The van der Waals surface area contributed by atoms with E-state index >= 15 is 0 Å². The first kappa shape index (κ1) is 21.4. The van der Waals surface area contributed by atoms with Crippen LogP contribution in [0.1, 0.15) is 80.1 Å². The van der Waals surface area contributed by atoms with Crippen molar-refractivity contribution in [2.45, 2.75) is 86.2 Å². The summed E-state index contributed by atoms with van der Waals surface area (Å²) in [4.78, 5) is 0. The van der Waals surface area contributed by atoms with Gasteiger partial charge in [0.15, 0.2) is 0 Å². The Balaban J connectivity index is 1.56. The molecule has 0 aliphatic heterocycles. The minimum Gasteiger partial charge on any atom is -0.389 e. The molecule has 4 rings (SSSR count). The third-order valence-corrected chi connectivity index (χ3v) is 10.1. The van der Waals surface area contributed by atoms with Crippen molar-refractivity contribution >= 4 is 0 Å². The van der Waals surface area contributed by atoms with Gasteiger partial charge in [0.25, 0.3) is 0 Å². The Morgan fingerprint density at radius 2 is 1.72 bits per heavy atom. The SMILES string of the molecule is CC(C)[C@@H](C)/C=C/[C@@H](C)[C@H]1CC[C@H]2[C@@H]3C=CC4=C[C@@H](O)CC[C@]4(C)[C@H]3CC[C@]12C. The van der Waals surface area contributed by atoms with Gasteiger partial charge in [-0.2, -0.15) is 0 Å². The van der Waals surface area contributed by atoms with Crippen LogP contribution in [0.5, 0.6) is 0 Å². The fourth-order valence-corrected chi connectivity index (χ4v) is 7.75. The van der Waals surface area contributed by atoms with Crippen LogP contribution >= 0.6 is 0 Å². The molecule has 1 N–H and O–H groups in total. The predicted octanol–water partition coefficient (Wildman–Crippen LogP) is 7.19. The highest BCUT2D eigenvalue weighted by Gasteiger charge is 2.58. The molecule has 0 aromatic carbocycles. The van der Waals surface area contributed by atoms with E-state index in [0.29, 0.717) is 17.3 Å². The first-order valence-corrected chi connectivity index (χ1v) is 12.4. The lowest BCUT2D eigenvalue weighted by Crippen LogP contribution is -2.49. The van der Waals surface area contributed by atoms with Gasteiger partial charge in [-0.3, -0.25) is 0 Å². The lowest BCUT2D eigenvalue weighted by Gasteiger charge is -2.56. The van der Waals surface area contributed by atoms with Crippen molar-refractivity contribution in [1.29, 1.82) is 0 Å². The van der Waals surface area contributed by atoms with E-state index in [0.717, 1.165) is 42.4 Å². The summed E-state index contributed by atoms with van der Waals surface area (Å²) in [6.45, 7) is 14.6. The zero-order chi connectivity index (χ0) is 21.0. The van der Waals surface area contributed by atoms with Crippen LogP contribution in [0.3, 0.4) is 0 Å². The zero-order valence-electron chi connectivity index (χ0n) is 19.7. The highest BCUT2D eigenvalue weighted by Crippen LogP contribution is 2.66. The van der Waals surface area contributed by atoms with Gasteiger partial charge < -0.3 is 5.11 Å². The van der Waals surface area contributed by atoms with E-state index in [1.54, 1.807) is 0 Å². The smallest absolute Gasteiger partial charge is 0.0727 e.